The molecule has 1 aliphatic carbocycles. The van der Waals surface area contributed by atoms with E-state index in [9.17, 15) is 9.59 Å². The highest BCUT2D eigenvalue weighted by Crippen LogP contribution is 2.44. The number of carbonyl (C=O) groups is 2. The molecule has 0 spiro atoms. The van der Waals surface area contributed by atoms with Gasteiger partial charge in [0.1, 0.15) is 36.2 Å². The summed E-state index contributed by atoms with van der Waals surface area (Å²) < 4.78 is 27.1. The van der Waals surface area contributed by atoms with Gasteiger partial charge in [0.05, 0.1) is 17.7 Å². The summed E-state index contributed by atoms with van der Waals surface area (Å²) in [6.45, 7) is 7.60. The first-order valence-electron chi connectivity index (χ1n) is 17.7. The lowest BCUT2D eigenvalue weighted by atomic mass is 9.97. The van der Waals surface area contributed by atoms with E-state index >= 15 is 4.39 Å². The number of amides is 1. The number of likely N-dealkylation sites (N-methyl/N-ethyl adjacent to an activating group) is 1. The van der Waals surface area contributed by atoms with Crippen LogP contribution in [-0.4, -0.2) is 65.0 Å². The molecule has 9 nitrogen and oxygen atoms in total. The van der Waals surface area contributed by atoms with E-state index in [2.05, 4.69) is 52.3 Å². The van der Waals surface area contributed by atoms with Crippen LogP contribution in [-0.2, 0) is 16.1 Å². The second-order valence-corrected chi connectivity index (χ2v) is 13.0. The molecule has 1 saturated carbocycles. The molecule has 51 heavy (non-hydrogen) atoms. The van der Waals surface area contributed by atoms with E-state index in [4.69, 9.17) is 14.5 Å². The highest BCUT2D eigenvalue weighted by atomic mass is 19.1. The molecule has 3 aliphatic rings. The van der Waals surface area contributed by atoms with E-state index in [0.717, 1.165) is 54.6 Å². The van der Waals surface area contributed by atoms with Gasteiger partial charge >= 0.3 is 5.97 Å². The molecule has 8 rings (SSSR count). The Balaban J connectivity index is 0.00000200. The summed E-state index contributed by atoms with van der Waals surface area (Å²) in [6, 6.07) is 19.1. The lowest BCUT2D eigenvalue weighted by molar-refractivity contribution is -0.142. The number of imidazole rings is 1. The Morgan fingerprint density at radius 3 is 2.55 bits per heavy atom. The third kappa shape index (κ3) is 6.88. The van der Waals surface area contributed by atoms with Gasteiger partial charge in [-0.25, -0.2) is 14.4 Å². The molecule has 1 fully saturated rings. The molecule has 262 valence electrons. The van der Waals surface area contributed by atoms with Crippen molar-refractivity contribution >= 4 is 34.3 Å². The molecule has 4 heterocycles. The monoisotopic (exact) mass is 687 g/mol. The molecule has 0 unspecified atom stereocenters. The van der Waals surface area contributed by atoms with Gasteiger partial charge in [-0.15, -0.1) is 0 Å². The summed E-state index contributed by atoms with van der Waals surface area (Å²) in [7, 11) is 2.13. The van der Waals surface area contributed by atoms with Crippen LogP contribution in [0.2, 0.25) is 0 Å². The van der Waals surface area contributed by atoms with Gasteiger partial charge in [0.2, 0.25) is 0 Å². The average molecular weight is 688 g/mol. The van der Waals surface area contributed by atoms with Gasteiger partial charge in [-0.2, -0.15) is 0 Å². The van der Waals surface area contributed by atoms with E-state index in [1.807, 2.05) is 32.0 Å². The second kappa shape index (κ2) is 14.5. The van der Waals surface area contributed by atoms with Crippen molar-refractivity contribution in [3.05, 3.63) is 101 Å². The first kappa shape index (κ1) is 34.1. The first-order chi connectivity index (χ1) is 24.8. The van der Waals surface area contributed by atoms with E-state index < -0.39 is 17.7 Å². The van der Waals surface area contributed by atoms with Crippen LogP contribution in [0.15, 0.2) is 72.9 Å². The van der Waals surface area contributed by atoms with Crippen LogP contribution in [0.1, 0.15) is 73.0 Å². The van der Waals surface area contributed by atoms with E-state index in [1.165, 1.54) is 29.0 Å². The van der Waals surface area contributed by atoms with Crippen LogP contribution in [0.3, 0.4) is 0 Å². The second-order valence-electron chi connectivity index (χ2n) is 13.0. The van der Waals surface area contributed by atoms with Crippen molar-refractivity contribution in [3.8, 4) is 28.3 Å². The number of nitrogens with zero attached hydrogens (tertiary/aromatic N) is 4. The lowest BCUT2D eigenvalue weighted by Crippen LogP contribution is -2.33. The van der Waals surface area contributed by atoms with Crippen LogP contribution >= 0.6 is 0 Å². The Bertz CT molecular complexity index is 2140. The smallest absolute Gasteiger partial charge is 0.302 e. The zero-order valence-electron chi connectivity index (χ0n) is 29.5. The summed E-state index contributed by atoms with van der Waals surface area (Å²) in [5, 5.41) is 0. The molecule has 0 bridgehead atoms. The number of nitrogens with one attached hydrogen (secondary N) is 1. The minimum atomic E-state index is -0.592. The molecule has 3 aromatic carbocycles. The maximum absolute atomic E-state index is 15.6. The molecule has 1 N–H and O–H groups in total. The van der Waals surface area contributed by atoms with E-state index in [0.29, 0.717) is 34.2 Å². The van der Waals surface area contributed by atoms with E-state index in [1.54, 1.807) is 18.3 Å². The van der Waals surface area contributed by atoms with Gasteiger partial charge in [0, 0.05) is 42.9 Å². The Morgan fingerprint density at radius 2 is 1.82 bits per heavy atom. The van der Waals surface area contributed by atoms with Crippen molar-refractivity contribution in [2.24, 2.45) is 0 Å². The molecule has 2 aromatic heterocycles. The Hall–Kier alpha value is -5.35. The van der Waals surface area contributed by atoms with Gasteiger partial charge in [-0.05, 0) is 78.8 Å². The summed E-state index contributed by atoms with van der Waals surface area (Å²) >= 11 is 0. The SMILES string of the molecule is CC.CC(=O)OCc1c(-c2ccnc3nc(-c4ccc(C5=CCN(C)CC5)cc4)[nH]c23)cccc1N1CCOc2cc(C3CC3)cc(F)c2C1=O. The normalized spacial score (nSPS) is 16.1. The zero-order valence-corrected chi connectivity index (χ0v) is 29.5. The number of ether oxygens (including phenoxy) is 2. The van der Waals surface area contributed by atoms with E-state index in [-0.39, 0.29) is 31.1 Å². The molecule has 2 aliphatic heterocycles. The Kier molecular flexibility index (Phi) is 9.69. The van der Waals surface area contributed by atoms with Gasteiger partial charge < -0.3 is 24.3 Å². The highest BCUT2D eigenvalue weighted by molar-refractivity contribution is 6.09. The number of esters is 1. The van der Waals surface area contributed by atoms with Gasteiger partial charge in [0.15, 0.2) is 5.65 Å². The number of halogens is 1. The van der Waals surface area contributed by atoms with Crippen LogP contribution < -0.4 is 9.64 Å². The molecular weight excluding hydrogens is 645 g/mol. The summed E-state index contributed by atoms with van der Waals surface area (Å²) in [4.78, 5) is 42.8. The number of hydrogen-bond acceptors (Lipinski definition) is 7. The van der Waals surface area contributed by atoms with Gasteiger partial charge in [-0.1, -0.05) is 56.3 Å². The zero-order chi connectivity index (χ0) is 35.6. The van der Waals surface area contributed by atoms with Crippen molar-refractivity contribution in [1.29, 1.82) is 0 Å². The summed E-state index contributed by atoms with van der Waals surface area (Å²) in [5.74, 6) is -0.301. The molecular formula is C41H42FN5O4. The van der Waals surface area contributed by atoms with Crippen LogP contribution in [0, 0.1) is 5.82 Å². The quantitative estimate of drug-likeness (QED) is 0.172. The van der Waals surface area contributed by atoms with Crippen molar-refractivity contribution in [2.75, 3.05) is 38.2 Å². The Labute approximate surface area is 297 Å². The predicted molar refractivity (Wildman–Crippen MR) is 197 cm³/mol. The lowest BCUT2D eigenvalue weighted by Gasteiger charge is -2.25. The van der Waals surface area contributed by atoms with Crippen LogP contribution in [0.5, 0.6) is 5.75 Å². The third-order valence-electron chi connectivity index (χ3n) is 9.64. The van der Waals surface area contributed by atoms with Crippen molar-refractivity contribution in [2.45, 2.75) is 52.6 Å². The first-order valence-corrected chi connectivity index (χ1v) is 17.7. The number of H-pyrrole nitrogens is 1. The standard InChI is InChI=1S/C39H36FN5O4.C2H6/c1-23(46)49-22-31-29(4-3-5-33(31)45-18-19-48-34-21-28(25-6-7-25)20-32(40)35(34)39(45)47)30-12-15-41-38-36(30)42-37(43-38)27-10-8-24(9-11-27)26-13-16-44(2)17-14-26;1-2/h3-5,8-13,15,20-21,25H,6-7,14,16-19,22H2,1-2H3,(H,41,42,43);1-2H3. The molecule has 5 aromatic rings. The average Bonchev–Trinajstić information content (AvgIpc) is 3.93. The van der Waals surface area contributed by atoms with Gasteiger partial charge in [0.25, 0.3) is 5.91 Å². The number of carbonyl (C=O) groups excluding carboxylic acids is 2. The minimum absolute atomic E-state index is 0.0895. The molecule has 0 radical (unpaired) electrons. The fourth-order valence-electron chi connectivity index (χ4n) is 6.84. The Morgan fingerprint density at radius 1 is 1.04 bits per heavy atom. The van der Waals surface area contributed by atoms with Crippen molar-refractivity contribution in [1.82, 2.24) is 19.9 Å². The van der Waals surface area contributed by atoms with Crippen molar-refractivity contribution in [3.63, 3.8) is 0 Å². The highest BCUT2D eigenvalue weighted by Gasteiger charge is 2.33. The molecule has 0 atom stereocenters. The summed E-state index contributed by atoms with van der Waals surface area (Å²) in [6.07, 6.45) is 7.00. The molecule has 0 saturated heterocycles. The van der Waals surface area contributed by atoms with Crippen LogP contribution in [0.4, 0.5) is 10.1 Å². The molecule has 10 heteroatoms. The maximum atomic E-state index is 15.6. The number of fused-ring (bicyclic) bond motifs is 2. The number of rotatable bonds is 7. The predicted octanol–water partition coefficient (Wildman–Crippen LogP) is 8.16. The van der Waals surface area contributed by atoms with Crippen LogP contribution in [0.25, 0.3) is 39.3 Å². The summed E-state index contributed by atoms with van der Waals surface area (Å²) in [5.41, 5.74) is 8.10. The fraction of sp³-hybridized carbons (Fsp3) is 0.317. The number of aromatic nitrogens is 3. The molecule has 1 amide bonds. The number of aromatic amines is 1. The number of hydrogen-bond donors (Lipinski definition) is 1. The largest absolute Gasteiger partial charge is 0.491 e. The maximum Gasteiger partial charge on any atom is 0.302 e. The number of benzene rings is 3. The fourth-order valence-corrected chi connectivity index (χ4v) is 6.84. The number of pyridine rings is 1. The van der Waals surface area contributed by atoms with Gasteiger partial charge in [-0.3, -0.25) is 9.59 Å². The topological polar surface area (TPSA) is 101 Å². The third-order valence-corrected chi connectivity index (χ3v) is 9.64. The van der Waals surface area contributed by atoms with Crippen molar-refractivity contribution < 1.29 is 23.5 Å². The minimum Gasteiger partial charge on any atom is -0.491 e. The number of anilines is 1.